The summed E-state index contributed by atoms with van der Waals surface area (Å²) in [5.74, 6) is 0. The van der Waals surface area contributed by atoms with Crippen molar-refractivity contribution in [3.8, 4) is 0 Å². The minimum Gasteiger partial charge on any atom is -0.304 e. The zero-order chi connectivity index (χ0) is 15.2. The Balaban J connectivity index is 2.40. The van der Waals surface area contributed by atoms with Crippen LogP contribution in [-0.2, 0) is 10.0 Å². The molecular formula is C14H23BrN2O2S. The van der Waals surface area contributed by atoms with Gasteiger partial charge in [0.05, 0.1) is 4.90 Å². The van der Waals surface area contributed by atoms with Crippen molar-refractivity contribution in [1.82, 2.24) is 9.62 Å². The molecule has 0 spiro atoms. The quantitative estimate of drug-likeness (QED) is 0.723. The van der Waals surface area contributed by atoms with E-state index in [2.05, 4.69) is 46.4 Å². The van der Waals surface area contributed by atoms with Crippen molar-refractivity contribution in [2.75, 3.05) is 20.1 Å². The summed E-state index contributed by atoms with van der Waals surface area (Å²) in [6, 6.07) is 7.36. The van der Waals surface area contributed by atoms with Crippen molar-refractivity contribution in [3.05, 3.63) is 28.7 Å². The highest BCUT2D eigenvalue weighted by atomic mass is 79.9. The summed E-state index contributed by atoms with van der Waals surface area (Å²) >= 11 is 3.26. The van der Waals surface area contributed by atoms with Gasteiger partial charge in [0.25, 0.3) is 0 Å². The molecule has 0 aliphatic rings. The molecule has 0 radical (unpaired) electrons. The molecule has 1 aromatic rings. The minimum absolute atomic E-state index is 0.291. The van der Waals surface area contributed by atoms with Gasteiger partial charge in [-0.1, -0.05) is 12.1 Å². The topological polar surface area (TPSA) is 49.4 Å². The summed E-state index contributed by atoms with van der Waals surface area (Å²) in [5.41, 5.74) is 0. The Labute approximate surface area is 130 Å². The molecular weight excluding hydrogens is 340 g/mol. The normalized spacial score (nSPS) is 12.3. The predicted molar refractivity (Wildman–Crippen MR) is 86.3 cm³/mol. The van der Waals surface area contributed by atoms with E-state index < -0.39 is 10.0 Å². The predicted octanol–water partition coefficient (Wildman–Crippen LogP) is 2.85. The number of sulfonamides is 1. The average molecular weight is 363 g/mol. The molecule has 1 rings (SSSR count). The van der Waals surface area contributed by atoms with Crippen molar-refractivity contribution in [2.45, 2.75) is 37.6 Å². The average Bonchev–Trinajstić information content (AvgIpc) is 2.38. The van der Waals surface area contributed by atoms with Crippen LogP contribution in [0, 0.1) is 0 Å². The van der Waals surface area contributed by atoms with Gasteiger partial charge in [-0.3, -0.25) is 0 Å². The SMILES string of the molecule is CC(C)N(C)CCCCNS(=O)(=O)c1ccccc1Br. The molecule has 0 bridgehead atoms. The number of rotatable bonds is 8. The van der Waals surface area contributed by atoms with E-state index >= 15 is 0 Å². The maximum absolute atomic E-state index is 12.1. The Bertz CT molecular complexity index is 518. The van der Waals surface area contributed by atoms with Crippen LogP contribution in [0.2, 0.25) is 0 Å². The van der Waals surface area contributed by atoms with E-state index in [4.69, 9.17) is 0 Å². The van der Waals surface area contributed by atoms with Crippen LogP contribution in [0.5, 0.6) is 0 Å². The third kappa shape index (κ3) is 5.52. The molecule has 1 N–H and O–H groups in total. The smallest absolute Gasteiger partial charge is 0.241 e. The van der Waals surface area contributed by atoms with Crippen LogP contribution in [-0.4, -0.2) is 39.5 Å². The Hall–Kier alpha value is -0.430. The fourth-order valence-electron chi connectivity index (χ4n) is 1.69. The lowest BCUT2D eigenvalue weighted by Crippen LogP contribution is -2.29. The zero-order valence-corrected chi connectivity index (χ0v) is 14.7. The molecule has 0 amide bonds. The fraction of sp³-hybridized carbons (Fsp3) is 0.571. The Morgan fingerprint density at radius 2 is 1.90 bits per heavy atom. The summed E-state index contributed by atoms with van der Waals surface area (Å²) in [6.07, 6.45) is 1.81. The lowest BCUT2D eigenvalue weighted by atomic mass is 10.2. The van der Waals surface area contributed by atoms with Gasteiger partial charge in [-0.25, -0.2) is 13.1 Å². The number of hydrogen-bond donors (Lipinski definition) is 1. The Kier molecular flexibility index (Phi) is 7.15. The second-order valence-corrected chi connectivity index (χ2v) is 7.70. The van der Waals surface area contributed by atoms with Crippen LogP contribution in [0.15, 0.2) is 33.6 Å². The number of unbranched alkanes of at least 4 members (excludes halogenated alkanes) is 1. The summed E-state index contributed by atoms with van der Waals surface area (Å²) < 4.78 is 27.4. The molecule has 0 aromatic heterocycles. The van der Waals surface area contributed by atoms with Crippen LogP contribution in [0.25, 0.3) is 0 Å². The number of halogens is 1. The van der Waals surface area contributed by atoms with Crippen LogP contribution < -0.4 is 4.72 Å². The van der Waals surface area contributed by atoms with Crippen molar-refractivity contribution >= 4 is 26.0 Å². The van der Waals surface area contributed by atoms with Crippen LogP contribution in [0.1, 0.15) is 26.7 Å². The molecule has 0 aliphatic heterocycles. The molecule has 0 atom stereocenters. The van der Waals surface area contributed by atoms with Crippen LogP contribution in [0.4, 0.5) is 0 Å². The lowest BCUT2D eigenvalue weighted by Gasteiger charge is -2.20. The highest BCUT2D eigenvalue weighted by Crippen LogP contribution is 2.20. The maximum Gasteiger partial charge on any atom is 0.241 e. The fourth-order valence-corrected chi connectivity index (χ4v) is 3.77. The van der Waals surface area contributed by atoms with E-state index in [0.717, 1.165) is 19.4 Å². The molecule has 0 saturated carbocycles. The highest BCUT2D eigenvalue weighted by Gasteiger charge is 2.16. The first-order valence-corrected chi connectivity index (χ1v) is 9.06. The summed E-state index contributed by atoms with van der Waals surface area (Å²) in [7, 11) is -1.34. The number of benzene rings is 1. The molecule has 0 fully saturated rings. The monoisotopic (exact) mass is 362 g/mol. The number of nitrogens with zero attached hydrogens (tertiary/aromatic N) is 1. The van der Waals surface area contributed by atoms with Gasteiger partial charge in [0.2, 0.25) is 10.0 Å². The molecule has 0 saturated heterocycles. The first-order chi connectivity index (χ1) is 9.34. The Morgan fingerprint density at radius 1 is 1.25 bits per heavy atom. The largest absolute Gasteiger partial charge is 0.304 e. The van der Waals surface area contributed by atoms with Crippen LogP contribution in [0.3, 0.4) is 0 Å². The number of nitrogens with one attached hydrogen (secondary N) is 1. The maximum atomic E-state index is 12.1. The number of hydrogen-bond acceptors (Lipinski definition) is 3. The molecule has 0 heterocycles. The molecule has 0 aliphatic carbocycles. The highest BCUT2D eigenvalue weighted by molar-refractivity contribution is 9.10. The molecule has 0 unspecified atom stereocenters. The summed E-state index contributed by atoms with van der Waals surface area (Å²) in [6.45, 7) is 5.75. The van der Waals surface area contributed by atoms with Crippen molar-refractivity contribution in [3.63, 3.8) is 0 Å². The minimum atomic E-state index is -3.42. The van der Waals surface area contributed by atoms with Gasteiger partial charge in [-0.2, -0.15) is 0 Å². The standard InChI is InChI=1S/C14H23BrN2O2S/c1-12(2)17(3)11-7-6-10-16-20(18,19)14-9-5-4-8-13(14)15/h4-5,8-9,12,16H,6-7,10-11H2,1-3H3. The van der Waals surface area contributed by atoms with E-state index in [1.807, 2.05) is 0 Å². The van der Waals surface area contributed by atoms with Crippen molar-refractivity contribution < 1.29 is 8.42 Å². The first kappa shape index (κ1) is 17.6. The van der Waals surface area contributed by atoms with Crippen molar-refractivity contribution in [2.24, 2.45) is 0 Å². The van der Waals surface area contributed by atoms with Crippen LogP contribution >= 0.6 is 15.9 Å². The van der Waals surface area contributed by atoms with Gasteiger partial charge in [-0.15, -0.1) is 0 Å². The summed E-state index contributed by atoms with van der Waals surface area (Å²) in [5, 5.41) is 0. The van der Waals surface area contributed by atoms with Gasteiger partial charge in [0, 0.05) is 17.1 Å². The Morgan fingerprint density at radius 3 is 2.50 bits per heavy atom. The molecule has 20 heavy (non-hydrogen) atoms. The van der Waals surface area contributed by atoms with Gasteiger partial charge in [0.1, 0.15) is 0 Å². The van der Waals surface area contributed by atoms with E-state index in [0.29, 0.717) is 22.0 Å². The van der Waals surface area contributed by atoms with Crippen molar-refractivity contribution in [1.29, 1.82) is 0 Å². The second-order valence-electron chi connectivity index (χ2n) is 5.11. The lowest BCUT2D eigenvalue weighted by molar-refractivity contribution is 0.268. The summed E-state index contributed by atoms with van der Waals surface area (Å²) in [4.78, 5) is 2.54. The van der Waals surface area contributed by atoms with E-state index in [-0.39, 0.29) is 0 Å². The zero-order valence-electron chi connectivity index (χ0n) is 12.3. The van der Waals surface area contributed by atoms with E-state index in [9.17, 15) is 8.42 Å². The first-order valence-electron chi connectivity index (χ1n) is 6.79. The molecule has 1 aromatic carbocycles. The van der Waals surface area contributed by atoms with Gasteiger partial charge in [0.15, 0.2) is 0 Å². The molecule has 6 heteroatoms. The third-order valence-corrected chi connectivity index (χ3v) is 5.71. The van der Waals surface area contributed by atoms with E-state index in [1.54, 1.807) is 24.3 Å². The van der Waals surface area contributed by atoms with Gasteiger partial charge >= 0.3 is 0 Å². The third-order valence-electron chi connectivity index (χ3n) is 3.24. The second kappa shape index (κ2) is 8.12. The molecule has 4 nitrogen and oxygen atoms in total. The molecule has 114 valence electrons. The van der Waals surface area contributed by atoms with E-state index in [1.165, 1.54) is 0 Å². The van der Waals surface area contributed by atoms with Gasteiger partial charge in [-0.05, 0) is 68.3 Å². The van der Waals surface area contributed by atoms with Gasteiger partial charge < -0.3 is 4.90 Å².